The summed E-state index contributed by atoms with van der Waals surface area (Å²) in [5.41, 5.74) is 2.69. The highest BCUT2D eigenvalue weighted by Crippen LogP contribution is 2.24. The Bertz CT molecular complexity index is 916. The Labute approximate surface area is 201 Å². The number of carbonyl (C=O) groups excluding carboxylic acids is 2. The van der Waals surface area contributed by atoms with Gasteiger partial charge in [0.05, 0.1) is 29.3 Å². The van der Waals surface area contributed by atoms with Gasteiger partial charge in [-0.2, -0.15) is 0 Å². The lowest BCUT2D eigenvalue weighted by Gasteiger charge is -2.27. The molecule has 2 rings (SSSR count). The van der Waals surface area contributed by atoms with Crippen LogP contribution in [-0.2, 0) is 14.3 Å². The zero-order valence-electron chi connectivity index (χ0n) is 20.4. The molecule has 1 aliphatic heterocycles. The van der Waals surface area contributed by atoms with E-state index in [1.807, 2.05) is 57.4 Å². The van der Waals surface area contributed by atoms with E-state index in [0.29, 0.717) is 12.8 Å². The van der Waals surface area contributed by atoms with Gasteiger partial charge < -0.3 is 14.9 Å². The van der Waals surface area contributed by atoms with E-state index in [1.54, 1.807) is 25.2 Å². The fraction of sp³-hybridized carbons (Fsp3) is 0.577. The topological polar surface area (TPSA) is 96.7 Å². The Kier molecular flexibility index (Phi) is 10.2. The predicted octanol–water partition coefficient (Wildman–Crippen LogP) is 4.65. The van der Waals surface area contributed by atoms with Gasteiger partial charge in [-0.3, -0.25) is 9.59 Å². The van der Waals surface area contributed by atoms with Gasteiger partial charge in [-0.1, -0.05) is 44.6 Å². The molecule has 2 heterocycles. The maximum absolute atomic E-state index is 12.8. The third-order valence-corrected chi connectivity index (χ3v) is 7.07. The normalized spacial score (nSPS) is 33.8. The highest BCUT2D eigenvalue weighted by molar-refractivity contribution is 7.09. The second-order valence-electron chi connectivity index (χ2n) is 9.20. The molecule has 2 N–H and O–H groups in total. The van der Waals surface area contributed by atoms with Crippen molar-refractivity contribution in [3.8, 4) is 0 Å². The second-order valence-corrected chi connectivity index (χ2v) is 10.3. The molecule has 0 radical (unpaired) electrons. The molecule has 1 aromatic rings. The molecule has 2 unspecified atom stereocenters. The molecule has 182 valence electrons. The number of esters is 1. The van der Waals surface area contributed by atoms with Gasteiger partial charge in [0.1, 0.15) is 11.9 Å². The number of hydrogen-bond donors (Lipinski definition) is 2. The average Bonchev–Trinajstić information content (AvgIpc) is 3.17. The van der Waals surface area contributed by atoms with E-state index in [0.717, 1.165) is 21.8 Å². The van der Waals surface area contributed by atoms with Crippen LogP contribution in [0.3, 0.4) is 0 Å². The predicted molar refractivity (Wildman–Crippen MR) is 132 cm³/mol. The van der Waals surface area contributed by atoms with Crippen molar-refractivity contribution < 1.29 is 24.5 Å². The van der Waals surface area contributed by atoms with Crippen molar-refractivity contribution in [1.82, 2.24) is 4.98 Å². The molecule has 6 nitrogen and oxygen atoms in total. The van der Waals surface area contributed by atoms with E-state index in [2.05, 4.69) is 4.98 Å². The minimum atomic E-state index is -1.17. The first-order valence-corrected chi connectivity index (χ1v) is 12.4. The first-order chi connectivity index (χ1) is 15.5. The number of aryl methyl sites for hydroxylation is 1. The summed E-state index contributed by atoms with van der Waals surface area (Å²) in [6, 6.07) is 0. The molecule has 6 atom stereocenters. The van der Waals surface area contributed by atoms with Gasteiger partial charge in [-0.15, -0.1) is 11.3 Å². The summed E-state index contributed by atoms with van der Waals surface area (Å²) >= 11 is 1.55. The van der Waals surface area contributed by atoms with Crippen LogP contribution < -0.4 is 0 Å². The zero-order chi connectivity index (χ0) is 24.7. The fourth-order valence-electron chi connectivity index (χ4n) is 3.89. The summed E-state index contributed by atoms with van der Waals surface area (Å²) in [6.45, 7) is 11.0. The molecular formula is C26H37NO5S. The SMILES string of the molecule is CC1=C/CC(/C(C)=C/c2csc(C)n2)OC(=O)C[C@H](O)C(C)C(=O)[C@H](C)[C@@H](O)[C@@H](C)C/C=C\1. The summed E-state index contributed by atoms with van der Waals surface area (Å²) in [5, 5.41) is 24.1. The maximum atomic E-state index is 12.8. The molecule has 1 aromatic heterocycles. The second kappa shape index (κ2) is 12.4. The first kappa shape index (κ1) is 27.2. The van der Waals surface area contributed by atoms with E-state index < -0.39 is 36.1 Å². The number of Topliss-reactive ketones (excluding diaryl/α,β-unsaturated/α-hetero) is 1. The molecule has 0 saturated carbocycles. The van der Waals surface area contributed by atoms with E-state index in [1.165, 1.54) is 0 Å². The Morgan fingerprint density at radius 2 is 1.85 bits per heavy atom. The average molecular weight is 476 g/mol. The number of cyclic esters (lactones) is 1. The van der Waals surface area contributed by atoms with Crippen molar-refractivity contribution in [2.75, 3.05) is 0 Å². The van der Waals surface area contributed by atoms with Crippen LogP contribution in [0, 0.1) is 24.7 Å². The van der Waals surface area contributed by atoms with Crippen LogP contribution in [0.2, 0.25) is 0 Å². The lowest BCUT2D eigenvalue weighted by atomic mass is 9.82. The van der Waals surface area contributed by atoms with Crippen LogP contribution >= 0.6 is 11.3 Å². The third kappa shape index (κ3) is 8.02. The summed E-state index contributed by atoms with van der Waals surface area (Å²) in [6.07, 6.45) is 6.20. The van der Waals surface area contributed by atoms with Crippen molar-refractivity contribution in [2.24, 2.45) is 17.8 Å². The molecule has 0 spiro atoms. The highest BCUT2D eigenvalue weighted by atomic mass is 32.1. The quantitative estimate of drug-likeness (QED) is 0.604. The van der Waals surface area contributed by atoms with E-state index >= 15 is 0 Å². The number of hydrogen-bond acceptors (Lipinski definition) is 7. The number of ether oxygens (including phenoxy) is 1. The van der Waals surface area contributed by atoms with Crippen LogP contribution in [0.15, 0.2) is 34.8 Å². The lowest BCUT2D eigenvalue weighted by molar-refractivity contribution is -0.151. The van der Waals surface area contributed by atoms with E-state index in [9.17, 15) is 19.8 Å². The number of nitrogens with zero attached hydrogens (tertiary/aromatic N) is 1. The van der Waals surface area contributed by atoms with Crippen molar-refractivity contribution in [3.63, 3.8) is 0 Å². The number of aliphatic hydroxyl groups is 2. The molecule has 0 saturated heterocycles. The lowest BCUT2D eigenvalue weighted by Crippen LogP contribution is -2.38. The van der Waals surface area contributed by atoms with Crippen molar-refractivity contribution >= 4 is 29.2 Å². The number of aromatic nitrogens is 1. The standard InChI is InChI=1S/C26H37NO5S/c1-15-8-7-9-16(2)25(30)19(5)26(31)18(4)22(28)13-24(29)32-23(11-10-15)17(3)12-21-14-33-20(6)27-21/h7-8,10,12,14,16,18-19,22-23,25,28,30H,9,11,13H2,1-6H3/b8-7-,15-10-,17-12+/t16-,18?,19+,22-,23?,25-/m0/s1. The first-order valence-electron chi connectivity index (χ1n) is 11.5. The molecule has 0 aromatic carbocycles. The fourth-order valence-corrected chi connectivity index (χ4v) is 4.46. The van der Waals surface area contributed by atoms with Crippen molar-refractivity contribution in [1.29, 1.82) is 0 Å². The van der Waals surface area contributed by atoms with Crippen LogP contribution in [0.25, 0.3) is 6.08 Å². The van der Waals surface area contributed by atoms with Crippen LogP contribution in [0.1, 0.15) is 64.6 Å². The molecule has 7 heteroatoms. The Balaban J connectivity index is 2.32. The number of aliphatic hydroxyl groups excluding tert-OH is 2. The Morgan fingerprint density at radius 1 is 1.15 bits per heavy atom. The number of rotatable bonds is 2. The maximum Gasteiger partial charge on any atom is 0.309 e. The third-order valence-electron chi connectivity index (χ3n) is 6.28. The number of allylic oxidation sites excluding steroid dienone is 3. The van der Waals surface area contributed by atoms with Gasteiger partial charge in [-0.25, -0.2) is 4.98 Å². The monoisotopic (exact) mass is 475 g/mol. The Hall–Kier alpha value is -2.09. The summed E-state index contributed by atoms with van der Waals surface area (Å²) < 4.78 is 5.74. The summed E-state index contributed by atoms with van der Waals surface area (Å²) in [4.78, 5) is 29.9. The van der Waals surface area contributed by atoms with Crippen molar-refractivity contribution in [2.45, 2.75) is 79.1 Å². The minimum absolute atomic E-state index is 0.116. The molecular weight excluding hydrogens is 438 g/mol. The number of carbonyl (C=O) groups is 2. The molecule has 0 bridgehead atoms. The smallest absolute Gasteiger partial charge is 0.309 e. The number of thiazole rings is 1. The van der Waals surface area contributed by atoms with E-state index in [4.69, 9.17) is 4.74 Å². The largest absolute Gasteiger partial charge is 0.457 e. The number of ketones is 1. The molecule has 0 aliphatic carbocycles. The van der Waals surface area contributed by atoms with Crippen molar-refractivity contribution in [3.05, 3.63) is 45.5 Å². The van der Waals surface area contributed by atoms with Gasteiger partial charge in [0, 0.05) is 23.6 Å². The van der Waals surface area contributed by atoms with Crippen LogP contribution in [0.4, 0.5) is 0 Å². The minimum Gasteiger partial charge on any atom is -0.457 e. The molecule has 33 heavy (non-hydrogen) atoms. The van der Waals surface area contributed by atoms with Gasteiger partial charge in [-0.05, 0) is 44.8 Å². The van der Waals surface area contributed by atoms with Gasteiger partial charge >= 0.3 is 5.97 Å². The van der Waals surface area contributed by atoms with Crippen LogP contribution in [0.5, 0.6) is 0 Å². The highest BCUT2D eigenvalue weighted by Gasteiger charge is 2.33. The van der Waals surface area contributed by atoms with Gasteiger partial charge in [0.15, 0.2) is 0 Å². The van der Waals surface area contributed by atoms with Crippen LogP contribution in [-0.4, -0.2) is 45.3 Å². The summed E-state index contributed by atoms with van der Waals surface area (Å²) in [5.74, 6) is -2.36. The summed E-state index contributed by atoms with van der Waals surface area (Å²) in [7, 11) is 0. The molecule has 1 aliphatic rings. The molecule has 0 amide bonds. The molecule has 0 fully saturated rings. The zero-order valence-corrected chi connectivity index (χ0v) is 21.3. The van der Waals surface area contributed by atoms with Gasteiger partial charge in [0.25, 0.3) is 0 Å². The Morgan fingerprint density at radius 3 is 2.48 bits per heavy atom. The van der Waals surface area contributed by atoms with E-state index in [-0.39, 0.29) is 18.1 Å². The van der Waals surface area contributed by atoms with Gasteiger partial charge in [0.2, 0.25) is 0 Å².